The van der Waals surface area contributed by atoms with Gasteiger partial charge in [0, 0.05) is 29.4 Å². The first-order valence-corrected chi connectivity index (χ1v) is 10.8. The molecular weight excluding hydrogens is 380 g/mol. The molecule has 6 rings (SSSR count). The van der Waals surface area contributed by atoms with E-state index in [0.717, 1.165) is 43.7 Å². The maximum absolute atomic E-state index is 12.8. The second-order valence-electron chi connectivity index (χ2n) is 9.08. The van der Waals surface area contributed by atoms with Gasteiger partial charge in [-0.05, 0) is 69.0 Å². The first-order valence-electron chi connectivity index (χ1n) is 10.8. The number of aromatic nitrogens is 1. The van der Waals surface area contributed by atoms with Crippen molar-refractivity contribution < 1.29 is 19.0 Å². The minimum atomic E-state index is -0.324. The topological polar surface area (TPSA) is 60.9 Å². The monoisotopic (exact) mass is 406 g/mol. The number of pyridine rings is 1. The van der Waals surface area contributed by atoms with Crippen LogP contribution < -0.4 is 9.47 Å². The molecule has 2 aliphatic carbocycles. The van der Waals surface area contributed by atoms with Crippen LogP contribution in [0.4, 0.5) is 0 Å². The van der Waals surface area contributed by atoms with Crippen LogP contribution in [0.25, 0.3) is 0 Å². The third-order valence-corrected chi connectivity index (χ3v) is 7.90. The molecule has 0 unspecified atom stereocenters. The van der Waals surface area contributed by atoms with Crippen LogP contribution in [0, 0.1) is 5.92 Å². The van der Waals surface area contributed by atoms with Crippen LogP contribution in [0.1, 0.15) is 40.7 Å². The van der Waals surface area contributed by atoms with Gasteiger partial charge in [-0.15, -0.1) is 0 Å². The van der Waals surface area contributed by atoms with Crippen LogP contribution in [0.3, 0.4) is 0 Å². The third kappa shape index (κ3) is 2.28. The van der Waals surface area contributed by atoms with Gasteiger partial charge in [-0.25, -0.2) is 4.79 Å². The molecule has 4 aliphatic rings. The summed E-state index contributed by atoms with van der Waals surface area (Å²) in [4.78, 5) is 19.4. The number of nitrogens with zero attached hydrogens (tertiary/aromatic N) is 2. The highest BCUT2D eigenvalue weighted by atomic mass is 16.6. The van der Waals surface area contributed by atoms with Crippen molar-refractivity contribution in [1.29, 1.82) is 0 Å². The summed E-state index contributed by atoms with van der Waals surface area (Å²) in [6.45, 7) is 1.03. The van der Waals surface area contributed by atoms with Crippen LogP contribution in [-0.2, 0) is 16.6 Å². The van der Waals surface area contributed by atoms with Gasteiger partial charge >= 0.3 is 5.97 Å². The number of hydrogen-bond acceptors (Lipinski definition) is 6. The van der Waals surface area contributed by atoms with E-state index in [4.69, 9.17) is 14.2 Å². The fraction of sp³-hybridized carbons (Fsp3) is 0.500. The number of carbonyl (C=O) groups is 1. The molecule has 5 atom stereocenters. The Morgan fingerprint density at radius 1 is 1.30 bits per heavy atom. The van der Waals surface area contributed by atoms with Crippen molar-refractivity contribution in [1.82, 2.24) is 9.88 Å². The smallest absolute Gasteiger partial charge is 0.340 e. The SMILES string of the molecule is COc1ccc2c3c1O[C@@H]1[C@@H](OC(=O)c4cccnc4)CC[C@H]4[C@@H](C2)N(C)CC[C@]314. The van der Waals surface area contributed by atoms with Crippen molar-refractivity contribution in [2.75, 3.05) is 20.7 Å². The number of esters is 1. The van der Waals surface area contributed by atoms with Gasteiger partial charge in [0.25, 0.3) is 0 Å². The Morgan fingerprint density at radius 2 is 2.20 bits per heavy atom. The van der Waals surface area contributed by atoms with E-state index in [1.165, 1.54) is 11.1 Å². The zero-order chi connectivity index (χ0) is 20.5. The van der Waals surface area contributed by atoms with Crippen molar-refractivity contribution in [3.05, 3.63) is 53.3 Å². The van der Waals surface area contributed by atoms with E-state index in [0.29, 0.717) is 17.5 Å². The molecule has 2 aromatic rings. The van der Waals surface area contributed by atoms with E-state index in [1.54, 1.807) is 31.6 Å². The van der Waals surface area contributed by atoms with Gasteiger partial charge in [0.1, 0.15) is 12.2 Å². The molecule has 6 nitrogen and oxygen atoms in total. The Bertz CT molecular complexity index is 1010. The summed E-state index contributed by atoms with van der Waals surface area (Å²) >= 11 is 0. The van der Waals surface area contributed by atoms with Crippen molar-refractivity contribution in [3.63, 3.8) is 0 Å². The number of rotatable bonds is 3. The minimum Gasteiger partial charge on any atom is -0.493 e. The lowest BCUT2D eigenvalue weighted by atomic mass is 9.51. The molecule has 0 amide bonds. The van der Waals surface area contributed by atoms with Crippen LogP contribution in [-0.4, -0.2) is 54.8 Å². The standard InChI is InChI=1S/C24H26N2O4/c1-26-11-9-24-16-6-8-19(29-23(27)15-4-3-10-25-13-15)22(24)30-21-18(28-2)7-5-14(20(21)24)12-17(16)26/h3-5,7,10,13,16-17,19,22H,6,8-9,11-12H2,1-2H3/t16-,17+,19-,22+,24-/m0/s1. The molecule has 30 heavy (non-hydrogen) atoms. The molecule has 1 saturated heterocycles. The molecule has 1 spiro atoms. The van der Waals surface area contributed by atoms with Gasteiger partial charge in [0.05, 0.1) is 12.7 Å². The summed E-state index contributed by atoms with van der Waals surface area (Å²) in [6.07, 6.45) is 6.69. The molecule has 1 aromatic carbocycles. The number of methoxy groups -OCH3 is 1. The van der Waals surface area contributed by atoms with Gasteiger partial charge in [0.2, 0.25) is 0 Å². The van der Waals surface area contributed by atoms with E-state index in [2.05, 4.69) is 23.0 Å². The maximum atomic E-state index is 12.8. The molecule has 2 bridgehead atoms. The predicted molar refractivity (Wildman–Crippen MR) is 110 cm³/mol. The first kappa shape index (κ1) is 18.2. The average molecular weight is 406 g/mol. The largest absolute Gasteiger partial charge is 0.493 e. The second kappa shape index (κ2) is 6.45. The highest BCUT2D eigenvalue weighted by Crippen LogP contribution is 2.64. The van der Waals surface area contributed by atoms with Crippen molar-refractivity contribution in [3.8, 4) is 11.5 Å². The van der Waals surface area contributed by atoms with Crippen molar-refractivity contribution >= 4 is 5.97 Å². The third-order valence-electron chi connectivity index (χ3n) is 7.90. The zero-order valence-electron chi connectivity index (χ0n) is 17.3. The maximum Gasteiger partial charge on any atom is 0.340 e. The lowest BCUT2D eigenvalue weighted by Gasteiger charge is -2.58. The fourth-order valence-corrected chi connectivity index (χ4v) is 6.65. The van der Waals surface area contributed by atoms with E-state index in [9.17, 15) is 4.79 Å². The Hall–Kier alpha value is -2.60. The molecule has 0 radical (unpaired) electrons. The first-order chi connectivity index (χ1) is 14.6. The lowest BCUT2D eigenvalue weighted by Crippen LogP contribution is -2.66. The van der Waals surface area contributed by atoms with E-state index < -0.39 is 0 Å². The summed E-state index contributed by atoms with van der Waals surface area (Å²) in [5.41, 5.74) is 3.06. The number of benzene rings is 1. The molecule has 3 heterocycles. The normalized spacial score (nSPS) is 33.4. The van der Waals surface area contributed by atoms with Crippen LogP contribution in [0.15, 0.2) is 36.7 Å². The quantitative estimate of drug-likeness (QED) is 0.731. The van der Waals surface area contributed by atoms with E-state index in [1.807, 2.05) is 6.07 Å². The van der Waals surface area contributed by atoms with E-state index >= 15 is 0 Å². The Balaban J connectivity index is 1.43. The molecule has 2 aliphatic heterocycles. The van der Waals surface area contributed by atoms with Gasteiger partial charge < -0.3 is 19.1 Å². The predicted octanol–water partition coefficient (Wildman–Crippen LogP) is 2.98. The highest BCUT2D eigenvalue weighted by molar-refractivity contribution is 5.89. The number of ether oxygens (including phenoxy) is 3. The van der Waals surface area contributed by atoms with E-state index in [-0.39, 0.29) is 23.6 Å². The zero-order valence-corrected chi connectivity index (χ0v) is 17.3. The number of likely N-dealkylation sites (N-methyl/N-ethyl adjacent to an activating group) is 1. The summed E-state index contributed by atoms with van der Waals surface area (Å²) < 4.78 is 18.4. The highest BCUT2D eigenvalue weighted by Gasteiger charge is 2.66. The number of piperidine rings is 1. The summed E-state index contributed by atoms with van der Waals surface area (Å²) in [5.74, 6) is 1.84. The lowest BCUT2D eigenvalue weighted by molar-refractivity contribution is -0.105. The number of likely N-dealkylation sites (tertiary alicyclic amines) is 1. The Morgan fingerprint density at radius 3 is 3.00 bits per heavy atom. The fourth-order valence-electron chi connectivity index (χ4n) is 6.65. The second-order valence-corrected chi connectivity index (χ2v) is 9.08. The number of hydrogen-bond donors (Lipinski definition) is 0. The molecule has 156 valence electrons. The van der Waals surface area contributed by atoms with Gasteiger partial charge in [-0.1, -0.05) is 6.07 Å². The van der Waals surface area contributed by atoms with Crippen LogP contribution in [0.2, 0.25) is 0 Å². The summed E-state index contributed by atoms with van der Waals surface area (Å²) in [5, 5.41) is 0. The van der Waals surface area contributed by atoms with Gasteiger partial charge in [-0.3, -0.25) is 4.98 Å². The Kier molecular flexibility index (Phi) is 3.91. The minimum absolute atomic E-state index is 0.104. The Labute approximate surface area is 176 Å². The summed E-state index contributed by atoms with van der Waals surface area (Å²) in [7, 11) is 3.94. The van der Waals surface area contributed by atoms with Crippen LogP contribution >= 0.6 is 0 Å². The molecule has 1 aromatic heterocycles. The molecule has 2 fully saturated rings. The molecule has 1 saturated carbocycles. The van der Waals surface area contributed by atoms with Gasteiger partial charge in [-0.2, -0.15) is 0 Å². The summed E-state index contributed by atoms with van der Waals surface area (Å²) in [6, 6.07) is 8.24. The van der Waals surface area contributed by atoms with Crippen molar-refractivity contribution in [2.45, 2.75) is 49.3 Å². The molecular formula is C24H26N2O4. The van der Waals surface area contributed by atoms with Crippen LogP contribution in [0.5, 0.6) is 11.5 Å². The molecule has 0 N–H and O–H groups in total. The van der Waals surface area contributed by atoms with Gasteiger partial charge in [0.15, 0.2) is 11.5 Å². The molecule has 6 heteroatoms. The average Bonchev–Trinajstić information content (AvgIpc) is 3.13. The van der Waals surface area contributed by atoms with Crippen molar-refractivity contribution in [2.24, 2.45) is 5.92 Å². The number of carbonyl (C=O) groups excluding carboxylic acids is 1.